The van der Waals surface area contributed by atoms with Crippen LogP contribution in [0.3, 0.4) is 0 Å². The highest BCUT2D eigenvalue weighted by molar-refractivity contribution is 7.98. The zero-order chi connectivity index (χ0) is 16.1. The summed E-state index contributed by atoms with van der Waals surface area (Å²) in [4.78, 5) is 13.4. The lowest BCUT2D eigenvalue weighted by molar-refractivity contribution is -0.122. The Balaban J connectivity index is 2.04. The number of rotatable bonds is 5. The molecule has 2 rings (SSSR count). The van der Waals surface area contributed by atoms with Crippen LogP contribution >= 0.6 is 11.8 Å². The molecule has 22 heavy (non-hydrogen) atoms. The quantitative estimate of drug-likeness (QED) is 0.829. The van der Waals surface area contributed by atoms with E-state index in [9.17, 15) is 4.79 Å². The number of carbonyl (C=O) groups excluding carboxylic acids is 1. The van der Waals surface area contributed by atoms with Crippen LogP contribution in [0.5, 0.6) is 5.75 Å². The lowest BCUT2D eigenvalue weighted by atomic mass is 10.1. The van der Waals surface area contributed by atoms with Crippen molar-refractivity contribution in [3.8, 4) is 5.75 Å². The normalized spacial score (nSPS) is 11.8. The van der Waals surface area contributed by atoms with Crippen LogP contribution in [0.25, 0.3) is 0 Å². The second kappa shape index (κ2) is 7.36. The van der Waals surface area contributed by atoms with Gasteiger partial charge in [0.15, 0.2) is 6.10 Å². The second-order valence-electron chi connectivity index (χ2n) is 5.18. The van der Waals surface area contributed by atoms with E-state index >= 15 is 0 Å². The van der Waals surface area contributed by atoms with Gasteiger partial charge in [-0.25, -0.2) is 0 Å². The van der Waals surface area contributed by atoms with Gasteiger partial charge < -0.3 is 10.1 Å². The third-order valence-corrected chi connectivity index (χ3v) is 4.29. The first-order valence-corrected chi connectivity index (χ1v) is 8.41. The number of benzene rings is 2. The summed E-state index contributed by atoms with van der Waals surface area (Å²) in [6, 6.07) is 13.6. The van der Waals surface area contributed by atoms with E-state index < -0.39 is 6.10 Å². The van der Waals surface area contributed by atoms with Crippen molar-refractivity contribution in [2.24, 2.45) is 0 Å². The van der Waals surface area contributed by atoms with E-state index in [0.717, 1.165) is 27.5 Å². The fourth-order valence-corrected chi connectivity index (χ4v) is 2.50. The number of aryl methyl sites for hydroxylation is 1. The fraction of sp³-hybridized carbons (Fsp3) is 0.278. The van der Waals surface area contributed by atoms with E-state index in [1.165, 1.54) is 0 Å². The molecule has 0 aliphatic heterocycles. The molecule has 2 aromatic carbocycles. The highest BCUT2D eigenvalue weighted by atomic mass is 32.2. The predicted octanol–water partition coefficient (Wildman–Crippen LogP) is 4.43. The van der Waals surface area contributed by atoms with E-state index in [1.54, 1.807) is 18.7 Å². The molecule has 0 spiro atoms. The average molecular weight is 315 g/mol. The SMILES string of the molecule is CSc1cccc(NC(=O)C(C)Oc2cccc(C)c2C)c1. The Bertz CT molecular complexity index is 670. The Kier molecular flexibility index (Phi) is 5.50. The number of nitrogens with one attached hydrogen (secondary N) is 1. The predicted molar refractivity (Wildman–Crippen MR) is 92.9 cm³/mol. The summed E-state index contributed by atoms with van der Waals surface area (Å²) < 4.78 is 5.80. The Morgan fingerprint density at radius 1 is 1.18 bits per heavy atom. The standard InChI is InChI=1S/C18H21NO2S/c1-12-7-5-10-17(13(12)2)21-14(3)18(20)19-15-8-6-9-16(11-15)22-4/h5-11,14H,1-4H3,(H,19,20). The van der Waals surface area contributed by atoms with E-state index in [-0.39, 0.29) is 5.91 Å². The maximum atomic E-state index is 12.3. The third kappa shape index (κ3) is 4.04. The number of carbonyl (C=O) groups is 1. The van der Waals surface area contributed by atoms with Gasteiger partial charge in [-0.3, -0.25) is 4.79 Å². The maximum Gasteiger partial charge on any atom is 0.265 e. The molecule has 0 aliphatic carbocycles. The molecular formula is C18H21NO2S. The summed E-state index contributed by atoms with van der Waals surface area (Å²) in [6.45, 7) is 5.79. The highest BCUT2D eigenvalue weighted by Gasteiger charge is 2.16. The van der Waals surface area contributed by atoms with E-state index in [1.807, 2.05) is 62.6 Å². The molecule has 0 aliphatic rings. The molecule has 4 heteroatoms. The topological polar surface area (TPSA) is 38.3 Å². The van der Waals surface area contributed by atoms with Gasteiger partial charge in [0.1, 0.15) is 5.75 Å². The van der Waals surface area contributed by atoms with Crippen LogP contribution in [-0.4, -0.2) is 18.3 Å². The summed E-state index contributed by atoms with van der Waals surface area (Å²) in [6.07, 6.45) is 1.45. The maximum absolute atomic E-state index is 12.3. The van der Waals surface area contributed by atoms with Crippen molar-refractivity contribution in [1.29, 1.82) is 0 Å². The molecule has 0 fully saturated rings. The van der Waals surface area contributed by atoms with Crippen molar-refractivity contribution < 1.29 is 9.53 Å². The Morgan fingerprint density at radius 2 is 1.91 bits per heavy atom. The number of hydrogen-bond acceptors (Lipinski definition) is 3. The molecule has 0 aromatic heterocycles. The Morgan fingerprint density at radius 3 is 2.64 bits per heavy atom. The van der Waals surface area contributed by atoms with Gasteiger partial charge in [0.25, 0.3) is 5.91 Å². The van der Waals surface area contributed by atoms with Crippen LogP contribution in [-0.2, 0) is 4.79 Å². The molecule has 1 amide bonds. The molecule has 116 valence electrons. The van der Waals surface area contributed by atoms with Gasteiger partial charge in [-0.2, -0.15) is 0 Å². The van der Waals surface area contributed by atoms with Crippen molar-refractivity contribution in [2.45, 2.75) is 31.8 Å². The zero-order valence-electron chi connectivity index (χ0n) is 13.3. The monoisotopic (exact) mass is 315 g/mol. The van der Waals surface area contributed by atoms with Crippen LogP contribution in [0, 0.1) is 13.8 Å². The third-order valence-electron chi connectivity index (χ3n) is 3.57. The van der Waals surface area contributed by atoms with Gasteiger partial charge in [-0.15, -0.1) is 11.8 Å². The summed E-state index contributed by atoms with van der Waals surface area (Å²) in [7, 11) is 0. The van der Waals surface area contributed by atoms with Gasteiger partial charge in [0.2, 0.25) is 0 Å². The molecule has 0 saturated heterocycles. The van der Waals surface area contributed by atoms with E-state index in [2.05, 4.69) is 5.32 Å². The van der Waals surface area contributed by atoms with Crippen LogP contribution in [0.2, 0.25) is 0 Å². The molecule has 1 unspecified atom stereocenters. The fourth-order valence-electron chi connectivity index (χ4n) is 2.04. The van der Waals surface area contributed by atoms with E-state index in [4.69, 9.17) is 4.74 Å². The van der Waals surface area contributed by atoms with Gasteiger partial charge in [0.05, 0.1) is 0 Å². The minimum atomic E-state index is -0.557. The number of hydrogen-bond donors (Lipinski definition) is 1. The first kappa shape index (κ1) is 16.4. The minimum Gasteiger partial charge on any atom is -0.481 e. The molecule has 0 radical (unpaired) electrons. The van der Waals surface area contributed by atoms with Crippen molar-refractivity contribution in [3.63, 3.8) is 0 Å². The minimum absolute atomic E-state index is 0.154. The lowest BCUT2D eigenvalue weighted by Crippen LogP contribution is -2.30. The van der Waals surface area contributed by atoms with Crippen molar-refractivity contribution in [3.05, 3.63) is 53.6 Å². The zero-order valence-corrected chi connectivity index (χ0v) is 14.2. The second-order valence-corrected chi connectivity index (χ2v) is 6.06. The molecule has 2 aromatic rings. The molecule has 1 atom stereocenters. The molecule has 3 nitrogen and oxygen atoms in total. The molecule has 0 heterocycles. The largest absolute Gasteiger partial charge is 0.481 e. The number of amides is 1. The van der Waals surface area contributed by atoms with Gasteiger partial charge in [-0.05, 0) is 62.4 Å². The van der Waals surface area contributed by atoms with Crippen LogP contribution < -0.4 is 10.1 Å². The lowest BCUT2D eigenvalue weighted by Gasteiger charge is -2.17. The van der Waals surface area contributed by atoms with Crippen LogP contribution in [0.15, 0.2) is 47.4 Å². The smallest absolute Gasteiger partial charge is 0.265 e. The van der Waals surface area contributed by atoms with Crippen LogP contribution in [0.4, 0.5) is 5.69 Å². The summed E-state index contributed by atoms with van der Waals surface area (Å²) in [5.41, 5.74) is 3.00. The molecule has 0 bridgehead atoms. The Labute approximate surface area is 136 Å². The van der Waals surface area contributed by atoms with E-state index in [0.29, 0.717) is 0 Å². The van der Waals surface area contributed by atoms with Crippen molar-refractivity contribution in [2.75, 3.05) is 11.6 Å². The highest BCUT2D eigenvalue weighted by Crippen LogP contribution is 2.23. The summed E-state index contributed by atoms with van der Waals surface area (Å²) >= 11 is 1.64. The molecule has 1 N–H and O–H groups in total. The van der Waals surface area contributed by atoms with Gasteiger partial charge in [-0.1, -0.05) is 18.2 Å². The van der Waals surface area contributed by atoms with Gasteiger partial charge >= 0.3 is 0 Å². The number of anilines is 1. The molecular weight excluding hydrogens is 294 g/mol. The first-order valence-electron chi connectivity index (χ1n) is 7.19. The Hall–Kier alpha value is -1.94. The summed E-state index contributed by atoms with van der Waals surface area (Å²) in [5, 5.41) is 2.89. The molecule has 0 saturated carbocycles. The van der Waals surface area contributed by atoms with Crippen LogP contribution in [0.1, 0.15) is 18.1 Å². The average Bonchev–Trinajstić information content (AvgIpc) is 2.52. The van der Waals surface area contributed by atoms with Gasteiger partial charge in [0, 0.05) is 10.6 Å². The van der Waals surface area contributed by atoms with Crippen molar-refractivity contribution >= 4 is 23.4 Å². The van der Waals surface area contributed by atoms with Crippen molar-refractivity contribution in [1.82, 2.24) is 0 Å². The first-order chi connectivity index (χ1) is 10.5. The number of thioether (sulfide) groups is 1. The number of ether oxygens (including phenoxy) is 1. The summed E-state index contributed by atoms with van der Waals surface area (Å²) in [5.74, 6) is 0.597.